The lowest BCUT2D eigenvalue weighted by Gasteiger charge is -2.17. The van der Waals surface area contributed by atoms with Crippen LogP contribution in [0.15, 0.2) is 84.1 Å². The number of aromatic nitrogens is 1. The molecule has 4 rings (SSSR count). The second-order valence-electron chi connectivity index (χ2n) is 8.18. The zero-order chi connectivity index (χ0) is 26.3. The van der Waals surface area contributed by atoms with Crippen molar-refractivity contribution >= 4 is 23.5 Å². The maximum atomic E-state index is 13.0. The summed E-state index contributed by atoms with van der Waals surface area (Å²) in [6.07, 6.45) is 3.64. The van der Waals surface area contributed by atoms with Crippen molar-refractivity contribution in [2.75, 3.05) is 19.7 Å². The van der Waals surface area contributed by atoms with Gasteiger partial charge in [0.2, 0.25) is 5.90 Å². The zero-order valence-electron chi connectivity index (χ0n) is 19.6. The van der Waals surface area contributed by atoms with E-state index >= 15 is 0 Å². The Hall–Kier alpha value is -3.85. The second-order valence-corrected chi connectivity index (χ2v) is 8.58. The fourth-order valence-corrected chi connectivity index (χ4v) is 3.78. The highest BCUT2D eigenvalue weighted by Gasteiger charge is 2.33. The minimum absolute atomic E-state index is 0.0325. The lowest BCUT2D eigenvalue weighted by atomic mass is 10.1. The van der Waals surface area contributed by atoms with Gasteiger partial charge in [0.25, 0.3) is 0 Å². The molecule has 0 saturated heterocycles. The summed E-state index contributed by atoms with van der Waals surface area (Å²) in [6, 6.07) is 13.7. The summed E-state index contributed by atoms with van der Waals surface area (Å²) >= 11 is 5.65. The SMILES string of the molecule is O=C1N=C(OCCc2ccc(Oc3ccc(Cl)c(C(F)(F)F)c3)cc2)C=CCN1CCc1cccnc1. The molecule has 2 amide bonds. The number of carbonyl (C=O) groups is 1. The highest BCUT2D eigenvalue weighted by atomic mass is 35.5. The Morgan fingerprint density at radius 2 is 1.78 bits per heavy atom. The first-order chi connectivity index (χ1) is 17.8. The van der Waals surface area contributed by atoms with Gasteiger partial charge in [-0.2, -0.15) is 18.2 Å². The molecule has 1 aliphatic rings. The van der Waals surface area contributed by atoms with Crippen LogP contribution in [0.4, 0.5) is 18.0 Å². The number of rotatable bonds is 8. The van der Waals surface area contributed by atoms with Gasteiger partial charge in [0.15, 0.2) is 0 Å². The third kappa shape index (κ3) is 7.57. The molecule has 0 bridgehead atoms. The normalized spacial score (nSPS) is 13.8. The second kappa shape index (κ2) is 11.9. The third-order valence-electron chi connectivity index (χ3n) is 5.50. The summed E-state index contributed by atoms with van der Waals surface area (Å²) in [5.41, 5.74) is 1.01. The van der Waals surface area contributed by atoms with Crippen molar-refractivity contribution in [2.24, 2.45) is 4.99 Å². The van der Waals surface area contributed by atoms with Gasteiger partial charge in [-0.1, -0.05) is 35.9 Å². The van der Waals surface area contributed by atoms with E-state index in [0.29, 0.717) is 38.3 Å². The van der Waals surface area contributed by atoms with Crippen LogP contribution in [0.25, 0.3) is 0 Å². The molecule has 0 fully saturated rings. The number of carbonyl (C=O) groups excluding carboxylic acids is 1. The van der Waals surface area contributed by atoms with E-state index in [1.807, 2.05) is 18.2 Å². The van der Waals surface area contributed by atoms with Gasteiger partial charge in [-0.15, -0.1) is 0 Å². The lowest BCUT2D eigenvalue weighted by Crippen LogP contribution is -2.30. The fourth-order valence-electron chi connectivity index (χ4n) is 3.56. The molecule has 192 valence electrons. The predicted octanol–water partition coefficient (Wildman–Crippen LogP) is 6.74. The van der Waals surface area contributed by atoms with E-state index in [-0.39, 0.29) is 22.7 Å². The predicted molar refractivity (Wildman–Crippen MR) is 134 cm³/mol. The number of aliphatic imine (C=N–C) groups is 1. The number of benzene rings is 2. The minimum atomic E-state index is -4.57. The van der Waals surface area contributed by atoms with Gasteiger partial charge in [0.1, 0.15) is 11.5 Å². The molecule has 0 N–H and O–H groups in total. The molecule has 2 aromatic carbocycles. The van der Waals surface area contributed by atoms with Crippen LogP contribution >= 0.6 is 11.6 Å². The molecular weight excluding hydrogens is 507 g/mol. The van der Waals surface area contributed by atoms with Crippen molar-refractivity contribution in [3.8, 4) is 11.5 Å². The molecule has 3 aromatic rings. The first-order valence-electron chi connectivity index (χ1n) is 11.5. The number of halogens is 4. The van der Waals surface area contributed by atoms with Gasteiger partial charge in [-0.25, -0.2) is 4.79 Å². The number of pyridine rings is 1. The Morgan fingerprint density at radius 1 is 1.00 bits per heavy atom. The van der Waals surface area contributed by atoms with Crippen LogP contribution in [0.3, 0.4) is 0 Å². The van der Waals surface area contributed by atoms with E-state index in [4.69, 9.17) is 21.1 Å². The number of ether oxygens (including phenoxy) is 2. The summed E-state index contributed by atoms with van der Waals surface area (Å²) in [6.45, 7) is 1.25. The number of alkyl halides is 3. The molecule has 1 aliphatic heterocycles. The van der Waals surface area contributed by atoms with Crippen molar-refractivity contribution in [2.45, 2.75) is 19.0 Å². The van der Waals surface area contributed by atoms with Crippen molar-refractivity contribution in [1.29, 1.82) is 0 Å². The van der Waals surface area contributed by atoms with Gasteiger partial charge in [-0.3, -0.25) is 4.98 Å². The molecule has 0 aliphatic carbocycles. The molecule has 0 unspecified atom stereocenters. The number of nitrogens with zero attached hydrogens (tertiary/aromatic N) is 3. The Kier molecular flexibility index (Phi) is 8.45. The highest BCUT2D eigenvalue weighted by molar-refractivity contribution is 6.31. The molecule has 0 atom stereocenters. The van der Waals surface area contributed by atoms with E-state index < -0.39 is 11.7 Å². The molecule has 10 heteroatoms. The topological polar surface area (TPSA) is 64.0 Å². The smallest absolute Gasteiger partial charge is 0.417 e. The number of hydrogen-bond donors (Lipinski definition) is 0. The summed E-state index contributed by atoms with van der Waals surface area (Å²) in [4.78, 5) is 22.3. The lowest BCUT2D eigenvalue weighted by molar-refractivity contribution is -0.137. The molecular formula is C27H23ClF3N3O3. The Labute approximate surface area is 217 Å². The van der Waals surface area contributed by atoms with E-state index in [9.17, 15) is 18.0 Å². The van der Waals surface area contributed by atoms with Gasteiger partial charge < -0.3 is 14.4 Å². The number of urea groups is 1. The minimum Gasteiger partial charge on any atom is -0.477 e. The fraction of sp³-hybridized carbons (Fsp3) is 0.222. The van der Waals surface area contributed by atoms with E-state index in [2.05, 4.69) is 9.98 Å². The Morgan fingerprint density at radius 3 is 2.51 bits per heavy atom. The first kappa shape index (κ1) is 26.2. The van der Waals surface area contributed by atoms with E-state index in [1.165, 1.54) is 6.07 Å². The van der Waals surface area contributed by atoms with Gasteiger partial charge >= 0.3 is 12.2 Å². The quantitative estimate of drug-likeness (QED) is 0.324. The third-order valence-corrected chi connectivity index (χ3v) is 5.83. The van der Waals surface area contributed by atoms with Crippen LogP contribution in [-0.4, -0.2) is 41.5 Å². The van der Waals surface area contributed by atoms with Gasteiger partial charge in [0.05, 0.1) is 17.2 Å². The molecule has 0 saturated carbocycles. The van der Waals surface area contributed by atoms with E-state index in [1.54, 1.807) is 47.6 Å². The number of amides is 2. The summed E-state index contributed by atoms with van der Waals surface area (Å²) < 4.78 is 50.4. The van der Waals surface area contributed by atoms with E-state index in [0.717, 1.165) is 23.3 Å². The zero-order valence-corrected chi connectivity index (χ0v) is 20.4. The summed E-state index contributed by atoms with van der Waals surface area (Å²) in [5.74, 6) is 0.662. The largest absolute Gasteiger partial charge is 0.477 e. The van der Waals surface area contributed by atoms with Crippen molar-refractivity contribution < 1.29 is 27.4 Å². The summed E-state index contributed by atoms with van der Waals surface area (Å²) in [5, 5.41) is -0.387. The monoisotopic (exact) mass is 529 g/mol. The van der Waals surface area contributed by atoms with Crippen LogP contribution in [0.1, 0.15) is 16.7 Å². The average Bonchev–Trinajstić information content (AvgIpc) is 3.05. The summed E-state index contributed by atoms with van der Waals surface area (Å²) in [7, 11) is 0. The molecule has 1 aromatic heterocycles. The van der Waals surface area contributed by atoms with Gasteiger partial charge in [-0.05, 0) is 60.0 Å². The Balaban J connectivity index is 1.26. The maximum absolute atomic E-state index is 13.0. The molecule has 37 heavy (non-hydrogen) atoms. The van der Waals surface area contributed by atoms with Crippen LogP contribution in [-0.2, 0) is 23.8 Å². The van der Waals surface area contributed by atoms with Crippen LogP contribution in [0.2, 0.25) is 5.02 Å². The van der Waals surface area contributed by atoms with Crippen LogP contribution in [0.5, 0.6) is 11.5 Å². The van der Waals surface area contributed by atoms with Gasteiger partial charge in [0, 0.05) is 31.9 Å². The Bertz CT molecular complexity index is 1280. The van der Waals surface area contributed by atoms with Crippen LogP contribution < -0.4 is 4.74 Å². The number of hydrogen-bond acceptors (Lipinski definition) is 4. The van der Waals surface area contributed by atoms with Crippen molar-refractivity contribution in [3.63, 3.8) is 0 Å². The average molecular weight is 530 g/mol. The molecule has 0 spiro atoms. The molecule has 6 nitrogen and oxygen atoms in total. The molecule has 0 radical (unpaired) electrons. The maximum Gasteiger partial charge on any atom is 0.417 e. The molecule has 2 heterocycles. The highest BCUT2D eigenvalue weighted by Crippen LogP contribution is 2.37. The van der Waals surface area contributed by atoms with Crippen molar-refractivity contribution in [3.05, 3.63) is 101 Å². The standard InChI is InChI=1S/C27H23ClF3N3O3/c28-24-10-9-22(17-23(24)27(29,30)31)37-21-7-5-19(6-8-21)12-16-36-25-4-2-14-34(26(35)33-25)15-11-20-3-1-13-32-18-20/h1-10,13,17-18H,11-12,14-16H2. The first-order valence-corrected chi connectivity index (χ1v) is 11.8. The van der Waals surface area contributed by atoms with Crippen LogP contribution in [0, 0.1) is 0 Å². The van der Waals surface area contributed by atoms with Crippen molar-refractivity contribution in [1.82, 2.24) is 9.88 Å².